The molecule has 1 saturated heterocycles. The Morgan fingerprint density at radius 3 is 2.86 bits per heavy atom. The van der Waals surface area contributed by atoms with Gasteiger partial charge in [0.15, 0.2) is 0 Å². The molecule has 3 N–H and O–H groups in total. The van der Waals surface area contributed by atoms with Crippen LogP contribution in [-0.4, -0.2) is 30.0 Å². The van der Waals surface area contributed by atoms with Crippen molar-refractivity contribution in [1.82, 2.24) is 5.32 Å². The molecule has 1 aliphatic heterocycles. The molecule has 0 radical (unpaired) electrons. The first-order chi connectivity index (χ1) is 10.1. The average molecular weight is 292 g/mol. The van der Waals surface area contributed by atoms with Crippen LogP contribution in [0.15, 0.2) is 18.2 Å². The van der Waals surface area contributed by atoms with E-state index in [9.17, 15) is 14.9 Å². The van der Waals surface area contributed by atoms with Gasteiger partial charge in [-0.05, 0) is 31.4 Å². The van der Waals surface area contributed by atoms with Gasteiger partial charge in [-0.15, -0.1) is 0 Å². The van der Waals surface area contributed by atoms with Crippen molar-refractivity contribution in [3.05, 3.63) is 28.3 Å². The van der Waals surface area contributed by atoms with Crippen LogP contribution in [0.25, 0.3) is 0 Å². The van der Waals surface area contributed by atoms with Crippen molar-refractivity contribution in [3.8, 4) is 0 Å². The molecule has 1 aromatic carbocycles. The van der Waals surface area contributed by atoms with Gasteiger partial charge in [-0.2, -0.15) is 0 Å². The molecule has 114 valence electrons. The van der Waals surface area contributed by atoms with Gasteiger partial charge in [0.25, 0.3) is 0 Å². The molecule has 7 heteroatoms. The summed E-state index contributed by atoms with van der Waals surface area (Å²) in [5.41, 5.74) is 0.843. The molecule has 1 atom stereocenters. The molecule has 1 aromatic rings. The Labute approximate surface area is 123 Å². The third kappa shape index (κ3) is 3.62. The molecule has 1 fully saturated rings. The van der Waals surface area contributed by atoms with Crippen LogP contribution in [0.5, 0.6) is 0 Å². The predicted molar refractivity (Wildman–Crippen MR) is 81.5 cm³/mol. The van der Waals surface area contributed by atoms with E-state index in [4.69, 9.17) is 0 Å². The molecule has 1 heterocycles. The van der Waals surface area contributed by atoms with Crippen molar-refractivity contribution in [1.29, 1.82) is 0 Å². The number of benzene rings is 1. The first kappa shape index (κ1) is 15.1. The second-order valence-electron chi connectivity index (χ2n) is 5.02. The number of nitro groups is 1. The summed E-state index contributed by atoms with van der Waals surface area (Å²) in [7, 11) is 0. The molecule has 7 nitrogen and oxygen atoms in total. The molecule has 0 spiro atoms. The summed E-state index contributed by atoms with van der Waals surface area (Å²) >= 11 is 0. The Balaban J connectivity index is 2.25. The van der Waals surface area contributed by atoms with Crippen LogP contribution in [0.4, 0.5) is 17.1 Å². The van der Waals surface area contributed by atoms with Crippen LogP contribution in [0.1, 0.15) is 26.2 Å². The number of amides is 1. The minimum atomic E-state index is -0.418. The number of carbonyl (C=O) groups is 1. The zero-order chi connectivity index (χ0) is 15.2. The summed E-state index contributed by atoms with van der Waals surface area (Å²) in [6.45, 7) is 3.32. The fourth-order valence-corrected chi connectivity index (χ4v) is 2.36. The van der Waals surface area contributed by atoms with Crippen molar-refractivity contribution in [3.63, 3.8) is 0 Å². The lowest BCUT2D eigenvalue weighted by atomic mass is 10.1. The molecular weight excluding hydrogens is 272 g/mol. The highest BCUT2D eigenvalue weighted by molar-refractivity contribution is 5.87. The van der Waals surface area contributed by atoms with Gasteiger partial charge in [-0.25, -0.2) is 0 Å². The van der Waals surface area contributed by atoms with Crippen molar-refractivity contribution in [2.75, 3.05) is 23.7 Å². The van der Waals surface area contributed by atoms with Crippen LogP contribution >= 0.6 is 0 Å². The van der Waals surface area contributed by atoms with E-state index < -0.39 is 11.0 Å². The van der Waals surface area contributed by atoms with Gasteiger partial charge in [-0.1, -0.05) is 13.0 Å². The largest absolute Gasteiger partial charge is 0.379 e. The molecule has 2 rings (SSSR count). The molecule has 0 aliphatic carbocycles. The number of nitrogens with zero attached hydrogens (tertiary/aromatic N) is 1. The molecule has 1 aliphatic rings. The van der Waals surface area contributed by atoms with Gasteiger partial charge in [0.1, 0.15) is 17.4 Å². The van der Waals surface area contributed by atoms with Gasteiger partial charge in [-0.3, -0.25) is 14.9 Å². The van der Waals surface area contributed by atoms with E-state index in [2.05, 4.69) is 16.0 Å². The van der Waals surface area contributed by atoms with Gasteiger partial charge >= 0.3 is 5.69 Å². The number of para-hydroxylation sites is 1. The number of nitro benzene ring substituents is 1. The molecular formula is C14H20N4O3. The number of piperidine rings is 1. The summed E-state index contributed by atoms with van der Waals surface area (Å²) in [4.78, 5) is 22.7. The van der Waals surface area contributed by atoms with Gasteiger partial charge in [0.2, 0.25) is 5.91 Å². The Morgan fingerprint density at radius 2 is 2.19 bits per heavy atom. The molecule has 1 unspecified atom stereocenters. The maximum Gasteiger partial charge on any atom is 0.315 e. The fourth-order valence-electron chi connectivity index (χ4n) is 2.36. The second kappa shape index (κ2) is 6.92. The molecule has 1 amide bonds. The fraction of sp³-hybridized carbons (Fsp3) is 0.500. The van der Waals surface area contributed by atoms with Crippen molar-refractivity contribution in [2.45, 2.75) is 32.2 Å². The molecule has 0 aromatic heterocycles. The number of carbonyl (C=O) groups excluding carboxylic acids is 1. The molecule has 0 bridgehead atoms. The van der Waals surface area contributed by atoms with E-state index in [0.717, 1.165) is 12.8 Å². The van der Waals surface area contributed by atoms with E-state index in [-0.39, 0.29) is 11.6 Å². The van der Waals surface area contributed by atoms with E-state index >= 15 is 0 Å². The number of hydrogen-bond donors (Lipinski definition) is 3. The monoisotopic (exact) mass is 292 g/mol. The Bertz CT molecular complexity index is 533. The highest BCUT2D eigenvalue weighted by Crippen LogP contribution is 2.33. The minimum absolute atomic E-state index is 0.00989. The highest BCUT2D eigenvalue weighted by Gasteiger charge is 2.26. The maximum absolute atomic E-state index is 11.8. The van der Waals surface area contributed by atoms with Crippen LogP contribution in [-0.2, 0) is 4.79 Å². The third-order valence-corrected chi connectivity index (χ3v) is 3.40. The lowest BCUT2D eigenvalue weighted by Crippen LogP contribution is -2.44. The van der Waals surface area contributed by atoms with E-state index in [1.54, 1.807) is 18.2 Å². The smallest absolute Gasteiger partial charge is 0.315 e. The van der Waals surface area contributed by atoms with Crippen LogP contribution in [0.2, 0.25) is 0 Å². The SMILES string of the molecule is CCCNc1cccc(NC2CCCNC2=O)c1[N+](=O)[O-]. The lowest BCUT2D eigenvalue weighted by molar-refractivity contribution is -0.383. The van der Waals surface area contributed by atoms with E-state index in [0.29, 0.717) is 30.9 Å². The first-order valence-electron chi connectivity index (χ1n) is 7.19. The topological polar surface area (TPSA) is 96.3 Å². The van der Waals surface area contributed by atoms with Crippen LogP contribution in [0.3, 0.4) is 0 Å². The Hall–Kier alpha value is -2.31. The normalized spacial score (nSPS) is 18.0. The minimum Gasteiger partial charge on any atom is -0.379 e. The van der Waals surface area contributed by atoms with Gasteiger partial charge in [0, 0.05) is 13.1 Å². The average Bonchev–Trinajstić information content (AvgIpc) is 2.47. The lowest BCUT2D eigenvalue weighted by Gasteiger charge is -2.23. The van der Waals surface area contributed by atoms with E-state index in [1.165, 1.54) is 0 Å². The third-order valence-electron chi connectivity index (χ3n) is 3.40. The standard InChI is InChI=1S/C14H20N4O3/c1-2-8-15-10-5-3-6-11(13(10)18(20)21)17-12-7-4-9-16-14(12)19/h3,5-6,12,15,17H,2,4,7-9H2,1H3,(H,16,19). The summed E-state index contributed by atoms with van der Waals surface area (Å²) in [5, 5.41) is 20.2. The number of nitrogens with one attached hydrogen (secondary N) is 3. The van der Waals surface area contributed by atoms with Crippen molar-refractivity contribution in [2.24, 2.45) is 0 Å². The summed E-state index contributed by atoms with van der Waals surface area (Å²) in [6, 6.07) is 4.64. The molecule has 21 heavy (non-hydrogen) atoms. The summed E-state index contributed by atoms with van der Waals surface area (Å²) < 4.78 is 0. The zero-order valence-corrected chi connectivity index (χ0v) is 12.0. The highest BCUT2D eigenvalue weighted by atomic mass is 16.6. The number of anilines is 2. The van der Waals surface area contributed by atoms with Crippen molar-refractivity contribution >= 4 is 23.0 Å². The maximum atomic E-state index is 11.8. The summed E-state index contributed by atoms with van der Waals surface area (Å²) in [6.07, 6.45) is 2.42. The van der Waals surface area contributed by atoms with Crippen molar-refractivity contribution < 1.29 is 9.72 Å². The number of hydrogen-bond acceptors (Lipinski definition) is 5. The van der Waals surface area contributed by atoms with Crippen LogP contribution in [0, 0.1) is 10.1 Å². The summed E-state index contributed by atoms with van der Waals surface area (Å²) in [5.74, 6) is -0.109. The van der Waals surface area contributed by atoms with Gasteiger partial charge in [0.05, 0.1) is 4.92 Å². The second-order valence-corrected chi connectivity index (χ2v) is 5.02. The van der Waals surface area contributed by atoms with Gasteiger partial charge < -0.3 is 16.0 Å². The quantitative estimate of drug-likeness (QED) is 0.551. The Kier molecular flexibility index (Phi) is 4.97. The zero-order valence-electron chi connectivity index (χ0n) is 12.0. The predicted octanol–water partition coefficient (Wildman–Crippen LogP) is 2.11. The Morgan fingerprint density at radius 1 is 1.43 bits per heavy atom. The number of rotatable bonds is 6. The van der Waals surface area contributed by atoms with E-state index in [1.807, 2.05) is 6.92 Å². The first-order valence-corrected chi connectivity index (χ1v) is 7.19. The van der Waals surface area contributed by atoms with Crippen LogP contribution < -0.4 is 16.0 Å². The molecule has 0 saturated carbocycles.